The van der Waals surface area contributed by atoms with Crippen LogP contribution in [0.1, 0.15) is 43.6 Å². The molecule has 8 heteroatoms. The molecule has 0 radical (unpaired) electrons. The summed E-state index contributed by atoms with van der Waals surface area (Å²) >= 11 is 6.18. The lowest BCUT2D eigenvalue weighted by molar-refractivity contribution is 0.0526. The van der Waals surface area contributed by atoms with Crippen LogP contribution in [0.4, 0.5) is 5.69 Å². The minimum Gasteiger partial charge on any atom is -0.462 e. The average molecular weight is 445 g/mol. The van der Waals surface area contributed by atoms with E-state index in [-0.39, 0.29) is 16.9 Å². The molecule has 0 saturated heterocycles. The number of nitrogens with one attached hydrogen (secondary N) is 2. The Morgan fingerprint density at radius 2 is 2.00 bits per heavy atom. The predicted octanol–water partition coefficient (Wildman–Crippen LogP) is 5.66. The van der Waals surface area contributed by atoms with Crippen molar-refractivity contribution in [2.24, 2.45) is 9.63 Å². The second-order valence-corrected chi connectivity index (χ2v) is 9.81. The van der Waals surface area contributed by atoms with Crippen LogP contribution in [0, 0.1) is 6.92 Å². The number of hydrogen-bond donors (Lipinski definition) is 3. The first-order valence-corrected chi connectivity index (χ1v) is 11.1. The van der Waals surface area contributed by atoms with Crippen LogP contribution in [0.15, 0.2) is 52.1 Å². The number of nitrogens with zero attached hydrogens (tertiary/aromatic N) is 2. The van der Waals surface area contributed by atoms with Crippen molar-refractivity contribution >= 4 is 36.2 Å². The van der Waals surface area contributed by atoms with Crippen LogP contribution in [0.25, 0.3) is 11.1 Å². The molecule has 0 aromatic heterocycles. The van der Waals surface area contributed by atoms with E-state index in [1.54, 1.807) is 13.0 Å². The van der Waals surface area contributed by atoms with Crippen molar-refractivity contribution in [2.75, 3.05) is 11.9 Å². The minimum absolute atomic E-state index is 0.0489. The van der Waals surface area contributed by atoms with E-state index in [0.717, 1.165) is 22.4 Å². The van der Waals surface area contributed by atoms with Crippen LogP contribution in [-0.4, -0.2) is 28.5 Å². The molecule has 0 spiro atoms. The maximum absolute atomic E-state index is 12.1. The summed E-state index contributed by atoms with van der Waals surface area (Å²) in [5, 5.41) is 11.1. The number of thiol groups is 1. The summed E-state index contributed by atoms with van der Waals surface area (Å²) in [6.07, 6.45) is 0. The van der Waals surface area contributed by atoms with Gasteiger partial charge in [-0.25, -0.2) is 4.79 Å². The lowest BCUT2D eigenvalue weighted by Crippen LogP contribution is -2.57. The van der Waals surface area contributed by atoms with Crippen molar-refractivity contribution in [1.29, 1.82) is 0 Å². The number of hydrogen-bond acceptors (Lipinski definition) is 8. The molecule has 1 aliphatic rings. The Labute approximate surface area is 187 Å². The first kappa shape index (κ1) is 22.7. The fourth-order valence-electron chi connectivity index (χ4n) is 3.30. The van der Waals surface area contributed by atoms with Crippen molar-refractivity contribution in [2.45, 2.75) is 50.5 Å². The smallest absolute Gasteiger partial charge is 0.338 e. The van der Waals surface area contributed by atoms with Crippen LogP contribution in [-0.2, 0) is 4.74 Å². The van der Waals surface area contributed by atoms with Crippen molar-refractivity contribution in [3.05, 3.63) is 53.6 Å². The topological polar surface area (TPSA) is 75.1 Å². The Morgan fingerprint density at radius 1 is 1.30 bits per heavy atom. The van der Waals surface area contributed by atoms with Crippen LogP contribution in [0.3, 0.4) is 0 Å². The zero-order valence-electron chi connectivity index (χ0n) is 17.9. The Morgan fingerprint density at radius 3 is 2.60 bits per heavy atom. The molecule has 2 aromatic rings. The molecule has 3 unspecified atom stereocenters. The molecule has 6 nitrogen and oxygen atoms in total. The molecular formula is C22H28N4O2S2. The molecule has 160 valence electrons. The van der Waals surface area contributed by atoms with Gasteiger partial charge in [-0.3, -0.25) is 5.32 Å². The maximum atomic E-state index is 12.1. The summed E-state index contributed by atoms with van der Waals surface area (Å²) in [5.41, 5.74) is 4.61. The van der Waals surface area contributed by atoms with Crippen LogP contribution >= 0.6 is 24.6 Å². The number of carbonyl (C=O) groups excluding carboxylic acids is 1. The molecule has 0 fully saturated rings. The Bertz CT molecular complexity index is 947. The molecular weight excluding hydrogens is 416 g/mol. The number of benzene rings is 2. The lowest BCUT2D eigenvalue weighted by atomic mass is 9.98. The largest absolute Gasteiger partial charge is 0.462 e. The van der Waals surface area contributed by atoms with Gasteiger partial charge >= 0.3 is 5.97 Å². The monoisotopic (exact) mass is 444 g/mol. The van der Waals surface area contributed by atoms with Crippen molar-refractivity contribution < 1.29 is 9.53 Å². The summed E-state index contributed by atoms with van der Waals surface area (Å²) in [4.78, 5) is 11.1. The Balaban J connectivity index is 1.75. The number of anilines is 1. The lowest BCUT2D eigenvalue weighted by Gasteiger charge is -2.37. The third kappa shape index (κ3) is 5.17. The normalized spacial score (nSPS) is 22.5. The quantitative estimate of drug-likeness (QED) is 0.222. The molecule has 2 aromatic carbocycles. The molecule has 0 saturated carbocycles. The zero-order valence-corrected chi connectivity index (χ0v) is 19.6. The van der Waals surface area contributed by atoms with Gasteiger partial charge in [-0.15, -0.1) is 17.1 Å². The molecule has 3 rings (SSSR count). The van der Waals surface area contributed by atoms with E-state index in [1.807, 2.05) is 57.2 Å². The minimum atomic E-state index is -0.660. The number of ether oxygens (including phenoxy) is 1. The molecule has 1 aliphatic heterocycles. The first-order chi connectivity index (χ1) is 14.1. The Hall–Kier alpha value is -2.03. The van der Waals surface area contributed by atoms with Gasteiger partial charge in [0.2, 0.25) is 0 Å². The van der Waals surface area contributed by atoms with Gasteiger partial charge in [0.15, 0.2) is 0 Å². The molecule has 2 N–H and O–H groups in total. The summed E-state index contributed by atoms with van der Waals surface area (Å²) in [5.74, 6) is -0.306. The highest BCUT2D eigenvalue weighted by atomic mass is 32.2. The first-order valence-electron chi connectivity index (χ1n) is 9.90. The molecule has 30 heavy (non-hydrogen) atoms. The van der Waals surface area contributed by atoms with E-state index in [1.165, 1.54) is 11.9 Å². The van der Waals surface area contributed by atoms with Gasteiger partial charge in [-0.2, -0.15) is 5.11 Å². The second-order valence-electron chi connectivity index (χ2n) is 7.72. The van der Waals surface area contributed by atoms with Gasteiger partial charge in [0.25, 0.3) is 0 Å². The summed E-state index contributed by atoms with van der Waals surface area (Å²) < 4.78 is 9.20. The molecule has 0 amide bonds. The molecule has 0 aliphatic carbocycles. The van der Waals surface area contributed by atoms with Gasteiger partial charge in [-0.1, -0.05) is 18.2 Å². The highest BCUT2D eigenvalue weighted by Gasteiger charge is 2.41. The van der Waals surface area contributed by atoms with Gasteiger partial charge in [-0.05, 0) is 75.6 Å². The SMILES string of the molecule is CCOC(=O)c1ccc(C)c(-c2ccc(NC(C)(S)NC3(C)SN=NC3C)cc2)c1. The van der Waals surface area contributed by atoms with Crippen LogP contribution in [0.5, 0.6) is 0 Å². The summed E-state index contributed by atoms with van der Waals surface area (Å²) in [6, 6.07) is 13.7. The standard InChI is InChI=1S/C22H28N4O2S2/c1-6-28-20(27)17-8-7-14(2)19(13-17)16-9-11-18(12-10-16)23-22(5,29)25-21(4)15(3)24-26-30-21/h7-13,15,23,25,29H,6H2,1-5H3. The van der Waals surface area contributed by atoms with E-state index >= 15 is 0 Å². The number of esters is 1. The highest BCUT2D eigenvalue weighted by molar-refractivity contribution is 7.99. The van der Waals surface area contributed by atoms with Gasteiger partial charge in [0, 0.05) is 17.6 Å². The molecule has 3 atom stereocenters. The van der Waals surface area contributed by atoms with Crippen molar-refractivity contribution in [3.8, 4) is 11.1 Å². The molecule has 1 heterocycles. The van der Waals surface area contributed by atoms with E-state index < -0.39 is 4.99 Å². The van der Waals surface area contributed by atoms with E-state index in [2.05, 4.69) is 27.2 Å². The Kier molecular flexibility index (Phi) is 6.79. The third-order valence-corrected chi connectivity index (χ3v) is 6.29. The van der Waals surface area contributed by atoms with Gasteiger partial charge in [0.05, 0.1) is 18.2 Å². The average Bonchev–Trinajstić information content (AvgIpc) is 3.00. The van der Waals surface area contributed by atoms with Gasteiger partial charge in [0.1, 0.15) is 9.87 Å². The summed E-state index contributed by atoms with van der Waals surface area (Å²) in [6.45, 7) is 10.3. The van der Waals surface area contributed by atoms with E-state index in [0.29, 0.717) is 12.2 Å². The van der Waals surface area contributed by atoms with Crippen LogP contribution in [0.2, 0.25) is 0 Å². The second kappa shape index (κ2) is 8.99. The zero-order chi connectivity index (χ0) is 21.9. The number of carbonyl (C=O) groups is 1. The van der Waals surface area contributed by atoms with Crippen molar-refractivity contribution in [1.82, 2.24) is 5.32 Å². The fraction of sp³-hybridized carbons (Fsp3) is 0.409. The van der Waals surface area contributed by atoms with Gasteiger partial charge < -0.3 is 10.1 Å². The van der Waals surface area contributed by atoms with E-state index in [4.69, 9.17) is 17.4 Å². The third-order valence-electron chi connectivity index (χ3n) is 5.07. The van der Waals surface area contributed by atoms with E-state index in [9.17, 15) is 4.79 Å². The maximum Gasteiger partial charge on any atom is 0.338 e. The summed E-state index contributed by atoms with van der Waals surface area (Å²) in [7, 11) is 0. The fourth-order valence-corrected chi connectivity index (χ4v) is 4.54. The highest BCUT2D eigenvalue weighted by Crippen LogP contribution is 2.38. The molecule has 0 bridgehead atoms. The number of rotatable bonds is 7. The van der Waals surface area contributed by atoms with Crippen molar-refractivity contribution in [3.63, 3.8) is 0 Å². The van der Waals surface area contributed by atoms with Crippen LogP contribution < -0.4 is 10.6 Å². The number of aryl methyl sites for hydroxylation is 1. The predicted molar refractivity (Wildman–Crippen MR) is 127 cm³/mol.